The summed E-state index contributed by atoms with van der Waals surface area (Å²) in [6, 6.07) is 8.13. The van der Waals surface area contributed by atoms with Crippen molar-refractivity contribution in [1.29, 1.82) is 0 Å². The third-order valence-electron chi connectivity index (χ3n) is 4.46. The fourth-order valence-corrected chi connectivity index (χ4v) is 3.77. The number of nitro groups is 1. The highest BCUT2D eigenvalue weighted by atomic mass is 35.5. The predicted molar refractivity (Wildman–Crippen MR) is 94.0 cm³/mol. The van der Waals surface area contributed by atoms with E-state index < -0.39 is 22.2 Å². The van der Waals surface area contributed by atoms with Crippen molar-refractivity contribution in [1.82, 2.24) is 10.3 Å². The average Bonchev–Trinajstić information content (AvgIpc) is 2.52. The lowest BCUT2D eigenvalue weighted by Crippen LogP contribution is -2.61. The summed E-state index contributed by atoms with van der Waals surface area (Å²) in [5.41, 5.74) is -0.218. The third kappa shape index (κ3) is 3.33. The molecule has 1 fully saturated rings. The Hall–Kier alpha value is -2.71. The molecule has 1 aromatic carbocycles. The third-order valence-corrected chi connectivity index (χ3v) is 4.75. The van der Waals surface area contributed by atoms with Gasteiger partial charge in [0, 0.05) is 24.5 Å². The molecule has 0 unspecified atom stereocenters. The van der Waals surface area contributed by atoms with Crippen LogP contribution in [0.15, 0.2) is 36.5 Å². The predicted octanol–water partition coefficient (Wildman–Crippen LogP) is 3.32. The summed E-state index contributed by atoms with van der Waals surface area (Å²) in [6.45, 7) is 1.66. The Morgan fingerprint density at radius 1 is 1.35 bits per heavy atom. The van der Waals surface area contributed by atoms with Crippen molar-refractivity contribution in [2.75, 3.05) is 0 Å². The zero-order valence-electron chi connectivity index (χ0n) is 13.8. The summed E-state index contributed by atoms with van der Waals surface area (Å²) in [5.74, 6) is 0. The SMILES string of the molecule is CC1(O)CC(NC(=O)O)(c2ccc(-c3ncc([N+](=O)[O-])cc3Cl)cc2)C1. The minimum atomic E-state index is -1.16. The maximum atomic E-state index is 11.1. The minimum absolute atomic E-state index is 0.150. The number of pyridine rings is 1. The molecule has 9 heteroatoms. The van der Waals surface area contributed by atoms with Crippen molar-refractivity contribution < 1.29 is 19.9 Å². The molecule has 0 saturated heterocycles. The fraction of sp³-hybridized carbons (Fsp3) is 0.294. The number of aromatic nitrogens is 1. The molecule has 1 heterocycles. The monoisotopic (exact) mass is 377 g/mol. The Morgan fingerprint density at radius 3 is 2.42 bits per heavy atom. The van der Waals surface area contributed by atoms with Gasteiger partial charge in [-0.1, -0.05) is 35.9 Å². The van der Waals surface area contributed by atoms with Gasteiger partial charge in [0.15, 0.2) is 0 Å². The van der Waals surface area contributed by atoms with E-state index in [1.165, 1.54) is 6.07 Å². The molecule has 2 aromatic rings. The van der Waals surface area contributed by atoms with Crippen molar-refractivity contribution in [3.8, 4) is 11.3 Å². The van der Waals surface area contributed by atoms with Gasteiger partial charge in [0.25, 0.3) is 5.69 Å². The molecule has 8 nitrogen and oxygen atoms in total. The Kier molecular flexibility index (Phi) is 4.33. The number of halogens is 1. The first kappa shape index (κ1) is 18.1. The van der Waals surface area contributed by atoms with Crippen LogP contribution < -0.4 is 5.32 Å². The van der Waals surface area contributed by atoms with Crippen LogP contribution in [0.4, 0.5) is 10.5 Å². The standard InChI is InChI=1S/C17H16ClN3O5/c1-16(24)8-17(9-16,20-15(22)23)11-4-2-10(3-5-11)14-13(18)6-12(7-19-14)21(25)26/h2-7,20,24H,8-9H2,1H3,(H,22,23). The van der Waals surface area contributed by atoms with Gasteiger partial charge < -0.3 is 15.5 Å². The Bertz CT molecular complexity index is 874. The smallest absolute Gasteiger partial charge is 0.405 e. The summed E-state index contributed by atoms with van der Waals surface area (Å²) in [4.78, 5) is 25.4. The van der Waals surface area contributed by atoms with Crippen LogP contribution in [0.2, 0.25) is 5.02 Å². The topological polar surface area (TPSA) is 126 Å². The fourth-order valence-electron chi connectivity index (χ4n) is 3.51. The van der Waals surface area contributed by atoms with E-state index in [9.17, 15) is 20.0 Å². The lowest BCUT2D eigenvalue weighted by atomic mass is 9.62. The van der Waals surface area contributed by atoms with Gasteiger partial charge in [-0.05, 0) is 12.5 Å². The van der Waals surface area contributed by atoms with E-state index in [1.807, 2.05) is 0 Å². The molecule has 3 rings (SSSR count). The van der Waals surface area contributed by atoms with Crippen LogP contribution in [0.25, 0.3) is 11.3 Å². The van der Waals surface area contributed by atoms with Crippen LogP contribution in [0.5, 0.6) is 0 Å². The second-order valence-corrected chi connectivity index (χ2v) is 7.13. The van der Waals surface area contributed by atoms with Gasteiger partial charge in [-0.15, -0.1) is 0 Å². The molecule has 0 bridgehead atoms. The summed E-state index contributed by atoms with van der Waals surface area (Å²) in [6.07, 6.45) is 0.500. The van der Waals surface area contributed by atoms with Crippen molar-refractivity contribution in [3.63, 3.8) is 0 Å². The molecular weight excluding hydrogens is 362 g/mol. The van der Waals surface area contributed by atoms with Gasteiger partial charge in [-0.25, -0.2) is 9.78 Å². The number of carboxylic acid groups (broad SMARTS) is 1. The molecule has 0 spiro atoms. The molecule has 136 valence electrons. The van der Waals surface area contributed by atoms with Gasteiger partial charge in [0.05, 0.1) is 26.8 Å². The molecule has 1 aliphatic carbocycles. The maximum absolute atomic E-state index is 11.1. The summed E-state index contributed by atoms with van der Waals surface area (Å²) in [7, 11) is 0. The number of aliphatic hydroxyl groups is 1. The number of nitrogens with one attached hydrogen (secondary N) is 1. The van der Waals surface area contributed by atoms with E-state index >= 15 is 0 Å². The van der Waals surface area contributed by atoms with Crippen molar-refractivity contribution in [2.45, 2.75) is 30.9 Å². The summed E-state index contributed by atoms with van der Waals surface area (Å²) in [5, 5.41) is 32.6. The van der Waals surface area contributed by atoms with Gasteiger partial charge in [0.1, 0.15) is 6.20 Å². The Labute approximate surface area is 153 Å². The van der Waals surface area contributed by atoms with Crippen molar-refractivity contribution >= 4 is 23.4 Å². The number of hydrogen-bond acceptors (Lipinski definition) is 5. The van der Waals surface area contributed by atoms with Gasteiger partial charge in [-0.2, -0.15) is 0 Å². The molecule has 3 N–H and O–H groups in total. The van der Waals surface area contributed by atoms with E-state index in [0.717, 1.165) is 6.20 Å². The molecule has 0 atom stereocenters. The Balaban J connectivity index is 1.91. The Morgan fingerprint density at radius 2 is 1.96 bits per heavy atom. The number of amides is 1. The molecule has 1 amide bonds. The van der Waals surface area contributed by atoms with Crippen LogP contribution in [0, 0.1) is 10.1 Å². The molecule has 0 aliphatic heterocycles. The zero-order chi connectivity index (χ0) is 19.1. The highest BCUT2D eigenvalue weighted by Gasteiger charge is 2.53. The van der Waals surface area contributed by atoms with Crippen LogP contribution in [0.1, 0.15) is 25.3 Å². The van der Waals surface area contributed by atoms with Crippen molar-refractivity contribution in [2.24, 2.45) is 0 Å². The molecule has 1 aliphatic rings. The second-order valence-electron chi connectivity index (χ2n) is 6.72. The minimum Gasteiger partial charge on any atom is -0.465 e. The lowest BCUT2D eigenvalue weighted by Gasteiger charge is -2.51. The van der Waals surface area contributed by atoms with Gasteiger partial charge >= 0.3 is 6.09 Å². The first-order chi connectivity index (χ1) is 12.1. The number of nitrogens with zero attached hydrogens (tertiary/aromatic N) is 2. The quantitative estimate of drug-likeness (QED) is 0.554. The van der Waals surface area contributed by atoms with E-state index in [0.29, 0.717) is 16.8 Å². The van der Waals surface area contributed by atoms with Crippen molar-refractivity contribution in [3.05, 3.63) is 57.2 Å². The maximum Gasteiger partial charge on any atom is 0.405 e. The molecular formula is C17H16ClN3O5. The number of hydrogen-bond donors (Lipinski definition) is 3. The van der Waals surface area contributed by atoms with Gasteiger partial charge in [-0.3, -0.25) is 10.1 Å². The van der Waals surface area contributed by atoms with Crippen LogP contribution >= 0.6 is 11.6 Å². The van der Waals surface area contributed by atoms with Crippen LogP contribution in [0.3, 0.4) is 0 Å². The molecule has 1 aromatic heterocycles. The number of benzene rings is 1. The normalized spacial score (nSPS) is 24.6. The molecule has 26 heavy (non-hydrogen) atoms. The lowest BCUT2D eigenvalue weighted by molar-refractivity contribution is -0.385. The summed E-state index contributed by atoms with van der Waals surface area (Å²) < 4.78 is 0. The first-order valence-corrected chi connectivity index (χ1v) is 8.14. The second kappa shape index (κ2) is 6.22. The van der Waals surface area contributed by atoms with E-state index in [4.69, 9.17) is 16.7 Å². The summed E-state index contributed by atoms with van der Waals surface area (Å²) >= 11 is 6.09. The van der Waals surface area contributed by atoms with Crippen LogP contribution in [-0.2, 0) is 5.54 Å². The van der Waals surface area contributed by atoms with Gasteiger partial charge in [0.2, 0.25) is 0 Å². The number of rotatable bonds is 4. The highest BCUT2D eigenvalue weighted by Crippen LogP contribution is 2.48. The van der Waals surface area contributed by atoms with E-state index in [1.54, 1.807) is 31.2 Å². The molecule has 1 saturated carbocycles. The van der Waals surface area contributed by atoms with Crippen LogP contribution in [-0.4, -0.2) is 31.8 Å². The van der Waals surface area contributed by atoms with E-state index in [-0.39, 0.29) is 23.6 Å². The average molecular weight is 378 g/mol. The highest BCUT2D eigenvalue weighted by molar-refractivity contribution is 6.33. The molecule has 0 radical (unpaired) electrons. The zero-order valence-corrected chi connectivity index (χ0v) is 14.5. The number of carbonyl (C=O) groups is 1. The largest absolute Gasteiger partial charge is 0.465 e. The van der Waals surface area contributed by atoms with E-state index in [2.05, 4.69) is 10.3 Å². The first-order valence-electron chi connectivity index (χ1n) is 7.76.